The molecule has 1 atom stereocenters. The minimum Gasteiger partial charge on any atom is -0.465 e. The number of aryl methyl sites for hydroxylation is 1. The summed E-state index contributed by atoms with van der Waals surface area (Å²) in [6.07, 6.45) is 5.08. The molecule has 6 heteroatoms. The number of carbonyl (C=O) groups excluding carboxylic acids is 2. The van der Waals surface area contributed by atoms with E-state index in [2.05, 4.69) is 17.3 Å². The fraction of sp³-hybridized carbons (Fsp3) is 0.389. The number of rotatable bonds is 4. The molecule has 1 aliphatic rings. The molecule has 2 aromatic rings. The van der Waals surface area contributed by atoms with E-state index >= 15 is 0 Å². The first kappa shape index (κ1) is 16.2. The Kier molecular flexibility index (Phi) is 4.64. The maximum atomic E-state index is 12.3. The largest absolute Gasteiger partial charge is 0.465 e. The number of fused-ring (bicyclic) bond motifs is 1. The number of hydrogen-bond donors (Lipinski definition) is 1. The summed E-state index contributed by atoms with van der Waals surface area (Å²) in [6, 6.07) is 6.79. The summed E-state index contributed by atoms with van der Waals surface area (Å²) in [5.74, 6) is -0.0374. The van der Waals surface area contributed by atoms with Crippen molar-refractivity contribution < 1.29 is 14.3 Å². The molecule has 0 spiro atoms. The average Bonchev–Trinajstić information content (AvgIpc) is 2.95. The monoisotopic (exact) mass is 327 g/mol. The van der Waals surface area contributed by atoms with E-state index in [0.29, 0.717) is 17.2 Å². The van der Waals surface area contributed by atoms with Crippen molar-refractivity contribution in [3.05, 3.63) is 47.3 Å². The molecule has 24 heavy (non-hydrogen) atoms. The smallest absolute Gasteiger partial charge is 0.339 e. The molecule has 6 nitrogen and oxygen atoms in total. The van der Waals surface area contributed by atoms with E-state index in [1.807, 2.05) is 6.20 Å². The number of nitrogens with one attached hydrogen (secondary N) is 1. The van der Waals surface area contributed by atoms with Gasteiger partial charge in [-0.25, -0.2) is 4.79 Å². The summed E-state index contributed by atoms with van der Waals surface area (Å²) < 4.78 is 6.41. The lowest BCUT2D eigenvalue weighted by atomic mass is 9.89. The number of para-hydroxylation sites is 1. The molecule has 0 aliphatic heterocycles. The molecule has 1 N–H and O–H groups in total. The third-order valence-corrected chi connectivity index (χ3v) is 4.28. The standard InChI is InChI=1S/C18H21N3O3/c1-12-7-8-15-13(9-12)10-21(20-15)11-17(22)19-16-6-4-3-5-14(16)18(23)24-2/h3-6,10,12H,7-9,11H2,1-2H3,(H,19,22)/t12-/m0/s1. The molecular formula is C18H21N3O3. The quantitative estimate of drug-likeness (QED) is 0.875. The second kappa shape index (κ2) is 6.86. The predicted octanol–water partition coefficient (Wildman–Crippen LogP) is 2.43. The Labute approximate surface area is 140 Å². The van der Waals surface area contributed by atoms with E-state index in [4.69, 9.17) is 4.74 Å². The van der Waals surface area contributed by atoms with Gasteiger partial charge in [-0.2, -0.15) is 5.10 Å². The van der Waals surface area contributed by atoms with E-state index in [1.165, 1.54) is 12.7 Å². The second-order valence-corrected chi connectivity index (χ2v) is 6.23. The first-order valence-electron chi connectivity index (χ1n) is 8.09. The van der Waals surface area contributed by atoms with E-state index in [1.54, 1.807) is 28.9 Å². The van der Waals surface area contributed by atoms with Gasteiger partial charge in [-0.15, -0.1) is 0 Å². The van der Waals surface area contributed by atoms with E-state index in [-0.39, 0.29) is 12.5 Å². The molecule has 1 aromatic carbocycles. The number of anilines is 1. The van der Waals surface area contributed by atoms with Crippen LogP contribution in [-0.4, -0.2) is 28.8 Å². The maximum absolute atomic E-state index is 12.3. The van der Waals surface area contributed by atoms with Crippen molar-refractivity contribution in [2.24, 2.45) is 5.92 Å². The normalized spacial score (nSPS) is 16.3. The SMILES string of the molecule is COC(=O)c1ccccc1NC(=O)Cn1cc2c(n1)CC[C@H](C)C2. The van der Waals surface area contributed by atoms with Gasteiger partial charge in [0.05, 0.1) is 24.1 Å². The number of esters is 1. The van der Waals surface area contributed by atoms with Crippen molar-refractivity contribution in [3.63, 3.8) is 0 Å². The van der Waals surface area contributed by atoms with Gasteiger partial charge in [0.2, 0.25) is 5.91 Å². The second-order valence-electron chi connectivity index (χ2n) is 6.23. The lowest BCUT2D eigenvalue weighted by Gasteiger charge is -2.15. The van der Waals surface area contributed by atoms with Crippen molar-refractivity contribution in [1.82, 2.24) is 9.78 Å². The fourth-order valence-corrected chi connectivity index (χ4v) is 3.04. The molecule has 1 aliphatic carbocycles. The number of nitrogens with zero attached hydrogens (tertiary/aromatic N) is 2. The Hall–Kier alpha value is -2.63. The van der Waals surface area contributed by atoms with Gasteiger partial charge in [-0.05, 0) is 42.9 Å². The zero-order chi connectivity index (χ0) is 17.1. The lowest BCUT2D eigenvalue weighted by molar-refractivity contribution is -0.116. The average molecular weight is 327 g/mol. The van der Waals surface area contributed by atoms with Crippen molar-refractivity contribution >= 4 is 17.6 Å². The molecule has 1 aromatic heterocycles. The van der Waals surface area contributed by atoms with Crippen LogP contribution in [0.2, 0.25) is 0 Å². The summed E-state index contributed by atoms with van der Waals surface area (Å²) in [4.78, 5) is 24.0. The van der Waals surface area contributed by atoms with Crippen LogP contribution in [0.5, 0.6) is 0 Å². The van der Waals surface area contributed by atoms with Gasteiger partial charge in [0, 0.05) is 6.20 Å². The number of ether oxygens (including phenoxy) is 1. The van der Waals surface area contributed by atoms with E-state index in [9.17, 15) is 9.59 Å². The predicted molar refractivity (Wildman–Crippen MR) is 89.8 cm³/mol. The Morgan fingerprint density at radius 1 is 1.38 bits per heavy atom. The number of benzene rings is 1. The van der Waals surface area contributed by atoms with Crippen molar-refractivity contribution in [2.45, 2.75) is 32.7 Å². The maximum Gasteiger partial charge on any atom is 0.339 e. The zero-order valence-corrected chi connectivity index (χ0v) is 13.9. The number of aromatic nitrogens is 2. The number of amides is 1. The van der Waals surface area contributed by atoms with Crippen LogP contribution in [-0.2, 0) is 28.9 Å². The topological polar surface area (TPSA) is 73.2 Å². The van der Waals surface area contributed by atoms with Gasteiger partial charge >= 0.3 is 5.97 Å². The minimum atomic E-state index is -0.477. The summed E-state index contributed by atoms with van der Waals surface area (Å²) in [7, 11) is 1.32. The van der Waals surface area contributed by atoms with Gasteiger partial charge < -0.3 is 10.1 Å². The summed E-state index contributed by atoms with van der Waals surface area (Å²) >= 11 is 0. The molecule has 0 bridgehead atoms. The fourth-order valence-electron chi connectivity index (χ4n) is 3.04. The zero-order valence-electron chi connectivity index (χ0n) is 13.9. The summed E-state index contributed by atoms with van der Waals surface area (Å²) in [6.45, 7) is 2.35. The third-order valence-electron chi connectivity index (χ3n) is 4.28. The Bertz CT molecular complexity index is 767. The van der Waals surface area contributed by atoms with Gasteiger partial charge in [-0.1, -0.05) is 19.1 Å². The van der Waals surface area contributed by atoms with Crippen LogP contribution in [0.25, 0.3) is 0 Å². The van der Waals surface area contributed by atoms with Gasteiger partial charge in [0.25, 0.3) is 0 Å². The first-order valence-corrected chi connectivity index (χ1v) is 8.09. The Morgan fingerprint density at radius 2 is 2.17 bits per heavy atom. The van der Waals surface area contributed by atoms with Gasteiger partial charge in [-0.3, -0.25) is 9.48 Å². The molecule has 1 heterocycles. The Balaban J connectivity index is 1.70. The molecule has 0 saturated heterocycles. The van der Waals surface area contributed by atoms with E-state index < -0.39 is 5.97 Å². The number of hydrogen-bond acceptors (Lipinski definition) is 4. The Morgan fingerprint density at radius 3 is 2.96 bits per heavy atom. The molecule has 126 valence electrons. The molecule has 0 saturated carbocycles. The highest BCUT2D eigenvalue weighted by atomic mass is 16.5. The number of methoxy groups -OCH3 is 1. The number of carbonyl (C=O) groups is 2. The molecule has 1 amide bonds. The highest BCUT2D eigenvalue weighted by Gasteiger charge is 2.19. The van der Waals surface area contributed by atoms with Crippen LogP contribution in [0.15, 0.2) is 30.5 Å². The van der Waals surface area contributed by atoms with Crippen molar-refractivity contribution in [2.75, 3.05) is 12.4 Å². The van der Waals surface area contributed by atoms with Crippen LogP contribution in [0.1, 0.15) is 35.0 Å². The minimum absolute atomic E-state index is 0.122. The van der Waals surface area contributed by atoms with Crippen LogP contribution in [0, 0.1) is 5.92 Å². The molecule has 0 unspecified atom stereocenters. The van der Waals surface area contributed by atoms with E-state index in [0.717, 1.165) is 25.0 Å². The highest BCUT2D eigenvalue weighted by Crippen LogP contribution is 2.24. The van der Waals surface area contributed by atoms with Crippen LogP contribution in [0.4, 0.5) is 5.69 Å². The van der Waals surface area contributed by atoms with Crippen molar-refractivity contribution in [1.29, 1.82) is 0 Å². The van der Waals surface area contributed by atoms with Gasteiger partial charge in [0.1, 0.15) is 6.54 Å². The third kappa shape index (κ3) is 3.48. The molecule has 0 fully saturated rings. The van der Waals surface area contributed by atoms with Crippen LogP contribution < -0.4 is 5.32 Å². The lowest BCUT2D eigenvalue weighted by Crippen LogP contribution is -2.20. The van der Waals surface area contributed by atoms with Crippen LogP contribution >= 0.6 is 0 Å². The van der Waals surface area contributed by atoms with Crippen molar-refractivity contribution in [3.8, 4) is 0 Å². The molecular weight excluding hydrogens is 306 g/mol. The summed E-state index contributed by atoms with van der Waals surface area (Å²) in [5.41, 5.74) is 3.11. The highest BCUT2D eigenvalue weighted by molar-refractivity contribution is 6.01. The first-order chi connectivity index (χ1) is 11.6. The van der Waals surface area contributed by atoms with Gasteiger partial charge in [0.15, 0.2) is 0 Å². The molecule has 0 radical (unpaired) electrons. The molecule has 3 rings (SSSR count). The van der Waals surface area contributed by atoms with Crippen LogP contribution in [0.3, 0.4) is 0 Å². The summed E-state index contributed by atoms with van der Waals surface area (Å²) in [5, 5.41) is 7.27.